The zero-order valence-electron chi connectivity index (χ0n) is 12.6. The molecule has 0 aliphatic heterocycles. The number of nitrogens with one attached hydrogen (secondary N) is 2. The molecule has 0 aliphatic carbocycles. The van der Waals surface area contributed by atoms with Crippen LogP contribution in [-0.4, -0.2) is 23.8 Å². The molecule has 8 nitrogen and oxygen atoms in total. The average Bonchev–Trinajstić information content (AvgIpc) is 2.31. The normalized spacial score (nSPS) is 9.64. The molecule has 0 atom stereocenters. The summed E-state index contributed by atoms with van der Waals surface area (Å²) in [4.78, 5) is 44.7. The van der Waals surface area contributed by atoms with E-state index in [1.807, 2.05) is 0 Å². The first-order valence-corrected chi connectivity index (χ1v) is 6.29. The lowest BCUT2D eigenvalue weighted by molar-refractivity contribution is -0.132. The number of hydrogen-bond donors (Lipinski definition) is 2. The van der Waals surface area contributed by atoms with E-state index in [0.29, 0.717) is 0 Å². The molecule has 8 heteroatoms. The molecule has 0 aromatic heterocycles. The maximum absolute atomic E-state index is 11.2. The van der Waals surface area contributed by atoms with Crippen molar-refractivity contribution in [1.82, 2.24) is 0 Å². The number of esters is 2. The Bertz CT molecular complexity index is 532. The SMILES string of the molecule is CC(=O)Nc1cc(NC(C)=O)c(OC(C)=O)cc1OC(C)=O. The summed E-state index contributed by atoms with van der Waals surface area (Å²) in [6.45, 7) is 4.92. The molecule has 1 aromatic rings. The Morgan fingerprint density at radius 2 is 1.09 bits per heavy atom. The number of benzene rings is 1. The van der Waals surface area contributed by atoms with Crippen LogP contribution in [0.5, 0.6) is 11.5 Å². The van der Waals surface area contributed by atoms with Gasteiger partial charge in [-0.05, 0) is 6.07 Å². The predicted octanol–water partition coefficient (Wildman–Crippen LogP) is 1.45. The van der Waals surface area contributed by atoms with Gasteiger partial charge in [0.2, 0.25) is 11.8 Å². The van der Waals surface area contributed by atoms with Crippen molar-refractivity contribution in [3.63, 3.8) is 0 Å². The van der Waals surface area contributed by atoms with Gasteiger partial charge in [-0.25, -0.2) is 0 Å². The molecule has 0 bridgehead atoms. The van der Waals surface area contributed by atoms with Crippen LogP contribution >= 0.6 is 0 Å². The quantitative estimate of drug-likeness (QED) is 0.643. The lowest BCUT2D eigenvalue weighted by Gasteiger charge is -2.15. The van der Waals surface area contributed by atoms with Crippen molar-refractivity contribution < 1.29 is 28.7 Å². The molecular formula is C14H16N2O6. The van der Waals surface area contributed by atoms with Crippen molar-refractivity contribution >= 4 is 35.1 Å². The van der Waals surface area contributed by atoms with E-state index in [-0.39, 0.29) is 22.9 Å². The molecule has 0 radical (unpaired) electrons. The molecule has 22 heavy (non-hydrogen) atoms. The zero-order valence-corrected chi connectivity index (χ0v) is 12.6. The molecule has 0 fully saturated rings. The molecule has 2 amide bonds. The topological polar surface area (TPSA) is 111 Å². The fourth-order valence-electron chi connectivity index (χ4n) is 1.61. The third-order valence-corrected chi connectivity index (χ3v) is 2.21. The van der Waals surface area contributed by atoms with E-state index in [1.54, 1.807) is 0 Å². The van der Waals surface area contributed by atoms with Crippen LogP contribution in [0.2, 0.25) is 0 Å². The van der Waals surface area contributed by atoms with Gasteiger partial charge in [-0.15, -0.1) is 0 Å². The minimum absolute atomic E-state index is 0.00643. The van der Waals surface area contributed by atoms with Crippen LogP contribution in [0.25, 0.3) is 0 Å². The van der Waals surface area contributed by atoms with Crippen molar-refractivity contribution in [2.24, 2.45) is 0 Å². The second-order valence-electron chi connectivity index (χ2n) is 4.39. The third-order valence-electron chi connectivity index (χ3n) is 2.21. The Balaban J connectivity index is 3.39. The van der Waals surface area contributed by atoms with Crippen LogP contribution in [0.15, 0.2) is 12.1 Å². The van der Waals surface area contributed by atoms with Gasteiger partial charge in [0.1, 0.15) is 0 Å². The van der Waals surface area contributed by atoms with Gasteiger partial charge in [0.05, 0.1) is 11.4 Å². The summed E-state index contributed by atoms with van der Waals surface area (Å²) in [5, 5.41) is 4.93. The highest BCUT2D eigenvalue weighted by molar-refractivity contribution is 5.96. The fourth-order valence-corrected chi connectivity index (χ4v) is 1.61. The van der Waals surface area contributed by atoms with Gasteiger partial charge in [0, 0.05) is 33.8 Å². The van der Waals surface area contributed by atoms with Crippen LogP contribution in [0, 0.1) is 0 Å². The van der Waals surface area contributed by atoms with Gasteiger partial charge in [0.25, 0.3) is 0 Å². The molecule has 0 heterocycles. The zero-order chi connectivity index (χ0) is 16.9. The van der Waals surface area contributed by atoms with Gasteiger partial charge in [0.15, 0.2) is 11.5 Å². The Morgan fingerprint density at radius 1 is 0.727 bits per heavy atom. The number of rotatable bonds is 4. The summed E-state index contributed by atoms with van der Waals surface area (Å²) in [6, 6.07) is 2.57. The Kier molecular flexibility index (Phi) is 5.62. The van der Waals surface area contributed by atoms with Crippen LogP contribution in [0.1, 0.15) is 27.7 Å². The smallest absolute Gasteiger partial charge is 0.308 e. The lowest BCUT2D eigenvalue weighted by atomic mass is 10.2. The first-order chi connectivity index (χ1) is 10.2. The highest BCUT2D eigenvalue weighted by Crippen LogP contribution is 2.37. The molecule has 0 saturated heterocycles. The first kappa shape index (κ1) is 17.2. The van der Waals surface area contributed by atoms with E-state index < -0.39 is 23.8 Å². The molecule has 0 saturated carbocycles. The highest BCUT2D eigenvalue weighted by Gasteiger charge is 2.16. The van der Waals surface area contributed by atoms with E-state index in [0.717, 1.165) is 0 Å². The summed E-state index contributed by atoms with van der Waals surface area (Å²) in [5.74, 6) is -2.05. The Labute approximate surface area is 126 Å². The molecule has 2 N–H and O–H groups in total. The molecule has 0 unspecified atom stereocenters. The van der Waals surface area contributed by atoms with E-state index >= 15 is 0 Å². The van der Waals surface area contributed by atoms with Crippen molar-refractivity contribution in [2.75, 3.05) is 10.6 Å². The van der Waals surface area contributed by atoms with Gasteiger partial charge in [-0.3, -0.25) is 19.2 Å². The van der Waals surface area contributed by atoms with Crippen molar-refractivity contribution in [3.05, 3.63) is 12.1 Å². The Morgan fingerprint density at radius 3 is 1.36 bits per heavy atom. The average molecular weight is 308 g/mol. The third kappa shape index (κ3) is 5.23. The molecule has 0 spiro atoms. The summed E-state index contributed by atoms with van der Waals surface area (Å²) in [5.41, 5.74) is 0.310. The van der Waals surface area contributed by atoms with Gasteiger partial charge >= 0.3 is 11.9 Å². The highest BCUT2D eigenvalue weighted by atomic mass is 16.5. The number of amides is 2. The molecule has 1 rings (SSSR count). The van der Waals surface area contributed by atoms with Crippen molar-refractivity contribution in [2.45, 2.75) is 27.7 Å². The van der Waals surface area contributed by atoms with Gasteiger partial charge in [-0.2, -0.15) is 0 Å². The van der Waals surface area contributed by atoms with E-state index in [1.165, 1.54) is 39.8 Å². The summed E-state index contributed by atoms with van der Waals surface area (Å²) < 4.78 is 9.94. The van der Waals surface area contributed by atoms with Gasteiger partial charge < -0.3 is 20.1 Å². The fraction of sp³-hybridized carbons (Fsp3) is 0.286. The lowest BCUT2D eigenvalue weighted by Crippen LogP contribution is -2.14. The largest absolute Gasteiger partial charge is 0.424 e. The number of carbonyl (C=O) groups excluding carboxylic acids is 4. The monoisotopic (exact) mass is 308 g/mol. The van der Waals surface area contributed by atoms with Crippen molar-refractivity contribution in [3.8, 4) is 11.5 Å². The molecule has 1 aromatic carbocycles. The van der Waals surface area contributed by atoms with E-state index in [9.17, 15) is 19.2 Å². The number of ether oxygens (including phenoxy) is 2. The minimum atomic E-state index is -0.618. The van der Waals surface area contributed by atoms with Crippen LogP contribution < -0.4 is 20.1 Å². The van der Waals surface area contributed by atoms with Crippen molar-refractivity contribution in [1.29, 1.82) is 0 Å². The van der Waals surface area contributed by atoms with E-state index in [4.69, 9.17) is 9.47 Å². The molecule has 118 valence electrons. The van der Waals surface area contributed by atoms with Gasteiger partial charge in [-0.1, -0.05) is 0 Å². The molecular weight excluding hydrogens is 292 g/mol. The maximum atomic E-state index is 11.2. The summed E-state index contributed by atoms with van der Waals surface area (Å²) in [7, 11) is 0. The standard InChI is InChI=1S/C14H16N2O6/c1-7(17)15-11-5-12(16-8(2)18)14(22-10(4)20)6-13(11)21-9(3)19/h5-6H,1-4H3,(H,15,17)(H,16,18). The summed E-state index contributed by atoms with van der Waals surface area (Å²) in [6.07, 6.45) is 0. The Hall–Kier alpha value is -2.90. The summed E-state index contributed by atoms with van der Waals surface area (Å²) >= 11 is 0. The second-order valence-corrected chi connectivity index (χ2v) is 4.39. The maximum Gasteiger partial charge on any atom is 0.308 e. The van der Waals surface area contributed by atoms with E-state index in [2.05, 4.69) is 10.6 Å². The minimum Gasteiger partial charge on any atom is -0.424 e. The first-order valence-electron chi connectivity index (χ1n) is 6.29. The van der Waals surface area contributed by atoms with Crippen LogP contribution in [0.3, 0.4) is 0 Å². The van der Waals surface area contributed by atoms with Crippen LogP contribution in [0.4, 0.5) is 11.4 Å². The van der Waals surface area contributed by atoms with Crippen LogP contribution in [-0.2, 0) is 19.2 Å². The number of anilines is 2. The predicted molar refractivity (Wildman–Crippen MR) is 77.7 cm³/mol. The number of hydrogen-bond acceptors (Lipinski definition) is 6. The molecule has 0 aliphatic rings. The second kappa shape index (κ2) is 7.21. The number of carbonyl (C=O) groups is 4.